The molecule has 0 aliphatic heterocycles. The number of hydrogen-bond donors (Lipinski definition) is 0. The SMILES string of the molecule is CC(C)I(OS(=O)(=O)C(F)(F)F)C1(F)C=CC(F)(F)C(F)(F)C1(F)F. The molecule has 150 valence electrons. The van der Waals surface area contributed by atoms with E-state index in [-0.39, 0.29) is 0 Å². The summed E-state index contributed by atoms with van der Waals surface area (Å²) in [6.07, 6.45) is -1.66. The summed E-state index contributed by atoms with van der Waals surface area (Å²) in [4.78, 5) is 0. The Morgan fingerprint density at radius 1 is 0.920 bits per heavy atom. The molecule has 0 saturated carbocycles. The molecule has 0 spiro atoms. The van der Waals surface area contributed by atoms with Gasteiger partial charge in [0.15, 0.2) is 0 Å². The summed E-state index contributed by atoms with van der Waals surface area (Å²) < 4.78 is 151. The quantitative estimate of drug-likeness (QED) is 0.174. The van der Waals surface area contributed by atoms with Crippen molar-refractivity contribution in [1.82, 2.24) is 0 Å². The van der Waals surface area contributed by atoms with Gasteiger partial charge in [0.25, 0.3) is 0 Å². The third-order valence-electron chi connectivity index (χ3n) is 2.84. The van der Waals surface area contributed by atoms with Crippen molar-refractivity contribution in [2.45, 2.75) is 44.7 Å². The monoisotopic (exact) mass is 526 g/mol. The molecule has 1 aliphatic carbocycles. The van der Waals surface area contributed by atoms with Crippen LogP contribution in [-0.4, -0.2) is 39.3 Å². The van der Waals surface area contributed by atoms with Crippen LogP contribution in [0.5, 0.6) is 0 Å². The van der Waals surface area contributed by atoms with Gasteiger partial charge >= 0.3 is 142 Å². The maximum absolute atomic E-state index is 14.7. The zero-order chi connectivity index (χ0) is 20.3. The topological polar surface area (TPSA) is 43.4 Å². The van der Waals surface area contributed by atoms with Crippen molar-refractivity contribution < 1.29 is 54.8 Å². The molecule has 0 N–H and O–H groups in total. The Kier molecular flexibility index (Phi) is 5.55. The Labute approximate surface area is 142 Å². The fourth-order valence-electron chi connectivity index (χ4n) is 1.58. The first-order valence-corrected chi connectivity index (χ1v) is 10.6. The normalized spacial score (nSPS) is 28.9. The van der Waals surface area contributed by atoms with Gasteiger partial charge in [-0.3, -0.25) is 0 Å². The van der Waals surface area contributed by atoms with Crippen LogP contribution in [0, 0.1) is 0 Å². The second kappa shape index (κ2) is 6.10. The van der Waals surface area contributed by atoms with Crippen LogP contribution in [0.15, 0.2) is 12.2 Å². The van der Waals surface area contributed by atoms with Crippen LogP contribution in [-0.2, 0) is 12.6 Å². The fraction of sp³-hybridized carbons (Fsp3) is 0.800. The van der Waals surface area contributed by atoms with E-state index in [4.69, 9.17) is 0 Å². The maximum atomic E-state index is 14.7. The molecule has 1 aliphatic rings. The third kappa shape index (κ3) is 3.35. The summed E-state index contributed by atoms with van der Waals surface area (Å²) in [5.41, 5.74) is -6.14. The minimum absolute atomic E-state index is 0.735. The van der Waals surface area contributed by atoms with Crippen LogP contribution in [0.3, 0.4) is 0 Å². The zero-order valence-corrected chi connectivity index (χ0v) is 15.0. The molecular weight excluding hydrogens is 517 g/mol. The van der Waals surface area contributed by atoms with E-state index in [2.05, 4.69) is 2.51 Å². The first kappa shape index (κ1) is 22.7. The van der Waals surface area contributed by atoms with Gasteiger partial charge in [0.2, 0.25) is 0 Å². The van der Waals surface area contributed by atoms with Crippen LogP contribution >= 0.6 is 20.2 Å². The number of rotatable bonds is 4. The first-order chi connectivity index (χ1) is 10.7. The van der Waals surface area contributed by atoms with Gasteiger partial charge in [0.1, 0.15) is 0 Å². The van der Waals surface area contributed by atoms with E-state index in [1.54, 1.807) is 0 Å². The predicted molar refractivity (Wildman–Crippen MR) is 73.0 cm³/mol. The predicted octanol–water partition coefficient (Wildman–Crippen LogP) is 4.82. The Morgan fingerprint density at radius 2 is 1.36 bits per heavy atom. The van der Waals surface area contributed by atoms with Crippen molar-refractivity contribution >= 4 is 30.4 Å². The molecule has 1 atom stereocenters. The van der Waals surface area contributed by atoms with E-state index in [0.29, 0.717) is 0 Å². The molecule has 0 bridgehead atoms. The van der Waals surface area contributed by atoms with Crippen LogP contribution in [0.2, 0.25) is 0 Å². The fourth-order valence-corrected chi connectivity index (χ4v) is 9.59. The Bertz CT molecular complexity index is 656. The molecular formula is C10H9F10IO3S. The second-order valence-corrected chi connectivity index (χ2v) is 13.2. The molecule has 15 heteroatoms. The summed E-state index contributed by atoms with van der Waals surface area (Å²) in [5.74, 6) is -18.0. The van der Waals surface area contributed by atoms with Crippen LogP contribution in [0.25, 0.3) is 0 Å². The van der Waals surface area contributed by atoms with Crippen molar-refractivity contribution in [2.75, 3.05) is 0 Å². The molecule has 1 unspecified atom stereocenters. The van der Waals surface area contributed by atoms with Crippen molar-refractivity contribution in [1.29, 1.82) is 0 Å². The van der Waals surface area contributed by atoms with Gasteiger partial charge in [-0.1, -0.05) is 0 Å². The van der Waals surface area contributed by atoms with Crippen LogP contribution in [0.1, 0.15) is 13.8 Å². The van der Waals surface area contributed by atoms with E-state index in [1.165, 1.54) is 0 Å². The third-order valence-corrected chi connectivity index (χ3v) is 11.1. The molecule has 0 aromatic heterocycles. The van der Waals surface area contributed by atoms with E-state index in [9.17, 15) is 52.3 Å². The Morgan fingerprint density at radius 3 is 1.72 bits per heavy atom. The molecule has 0 radical (unpaired) electrons. The first-order valence-electron chi connectivity index (χ1n) is 5.97. The van der Waals surface area contributed by atoms with Gasteiger partial charge in [-0.15, -0.1) is 0 Å². The average Bonchev–Trinajstić information content (AvgIpc) is 2.38. The molecule has 0 heterocycles. The molecule has 3 nitrogen and oxygen atoms in total. The number of hydrogen-bond acceptors (Lipinski definition) is 3. The summed E-state index contributed by atoms with van der Waals surface area (Å²) in [7, 11) is -6.62. The molecule has 0 saturated heterocycles. The summed E-state index contributed by atoms with van der Waals surface area (Å²) in [6.45, 7) is 1.49. The zero-order valence-electron chi connectivity index (χ0n) is 12.0. The summed E-state index contributed by atoms with van der Waals surface area (Å²) >= 11 is -5.34. The van der Waals surface area contributed by atoms with Gasteiger partial charge in [0.05, 0.1) is 0 Å². The Balaban J connectivity index is 3.56. The molecule has 1 rings (SSSR count). The molecule has 0 fully saturated rings. The second-order valence-electron chi connectivity index (χ2n) is 4.98. The number of alkyl halides is 12. The van der Waals surface area contributed by atoms with Gasteiger partial charge in [-0.2, -0.15) is 0 Å². The van der Waals surface area contributed by atoms with Crippen LogP contribution in [0.4, 0.5) is 43.9 Å². The molecule has 25 heavy (non-hydrogen) atoms. The van der Waals surface area contributed by atoms with E-state index >= 15 is 0 Å². The summed E-state index contributed by atoms with van der Waals surface area (Å²) in [6, 6.07) is 0. The van der Waals surface area contributed by atoms with Crippen LogP contribution < -0.4 is 0 Å². The van der Waals surface area contributed by atoms with Crippen molar-refractivity contribution in [3.8, 4) is 0 Å². The van der Waals surface area contributed by atoms with Gasteiger partial charge in [-0.05, 0) is 0 Å². The van der Waals surface area contributed by atoms with Crippen molar-refractivity contribution in [3.05, 3.63) is 12.2 Å². The van der Waals surface area contributed by atoms with Gasteiger partial charge in [-0.25, -0.2) is 0 Å². The molecule has 0 amide bonds. The number of allylic oxidation sites excluding steroid dienone is 2. The average molecular weight is 526 g/mol. The van der Waals surface area contributed by atoms with Crippen molar-refractivity contribution in [3.63, 3.8) is 0 Å². The van der Waals surface area contributed by atoms with E-state index in [1.807, 2.05) is 0 Å². The molecule has 0 aromatic rings. The van der Waals surface area contributed by atoms with E-state index < -0.39 is 73.4 Å². The van der Waals surface area contributed by atoms with Gasteiger partial charge in [0, 0.05) is 0 Å². The Hall–Kier alpha value is -0.320. The van der Waals surface area contributed by atoms with E-state index in [0.717, 1.165) is 13.8 Å². The van der Waals surface area contributed by atoms with Crippen molar-refractivity contribution in [2.24, 2.45) is 0 Å². The molecule has 0 aromatic carbocycles. The summed E-state index contributed by atoms with van der Waals surface area (Å²) in [5, 5.41) is 0. The minimum atomic E-state index is -6.62. The number of halogens is 11. The standard InChI is InChI=1S/C10H9F10IO3S/c1-5(2)21(24-25(22,23)10(18,19)20)7(13)4-3-6(11,12)8(14,15)9(7,16)17/h3-5H,1-2H3. The van der Waals surface area contributed by atoms with Gasteiger partial charge < -0.3 is 0 Å².